The quantitative estimate of drug-likeness (QED) is 0.472. The second-order valence-electron chi connectivity index (χ2n) is 5.03. The Morgan fingerprint density at radius 1 is 1.32 bits per heavy atom. The number of carbonyl (C=O) groups is 1. The number of benzene rings is 1. The van der Waals surface area contributed by atoms with Crippen molar-refractivity contribution in [3.05, 3.63) is 39.9 Å². The van der Waals surface area contributed by atoms with Crippen LogP contribution in [0.4, 0.5) is 5.69 Å². The van der Waals surface area contributed by atoms with Crippen molar-refractivity contribution >= 4 is 11.7 Å². The van der Waals surface area contributed by atoms with Crippen molar-refractivity contribution in [1.29, 1.82) is 0 Å². The van der Waals surface area contributed by atoms with Gasteiger partial charge in [0.05, 0.1) is 17.6 Å². The molecule has 1 aromatic carbocycles. The molecule has 0 spiro atoms. The fraction of sp³-hybridized carbons (Fsp3) is 0.533. The van der Waals surface area contributed by atoms with E-state index in [1.807, 2.05) is 13.8 Å². The van der Waals surface area contributed by atoms with E-state index in [-0.39, 0.29) is 5.69 Å². The minimum atomic E-state index is -1.02. The molecule has 1 saturated heterocycles. The SMILES string of the molecule is CCC1(CC)OC(C(=O)OC)C(c2ccccc2[N+](=O)[O-])O1. The summed E-state index contributed by atoms with van der Waals surface area (Å²) in [6.07, 6.45) is -0.845. The number of methoxy groups -OCH3 is 1. The molecule has 2 atom stereocenters. The van der Waals surface area contributed by atoms with Crippen LogP contribution >= 0.6 is 0 Å². The van der Waals surface area contributed by atoms with Crippen molar-refractivity contribution in [1.82, 2.24) is 0 Å². The van der Waals surface area contributed by atoms with E-state index in [1.54, 1.807) is 18.2 Å². The summed E-state index contributed by atoms with van der Waals surface area (Å²) >= 11 is 0. The maximum absolute atomic E-state index is 12.0. The van der Waals surface area contributed by atoms with Gasteiger partial charge in [0.2, 0.25) is 0 Å². The van der Waals surface area contributed by atoms with Crippen LogP contribution in [-0.2, 0) is 19.0 Å². The summed E-state index contributed by atoms with van der Waals surface area (Å²) in [5.41, 5.74) is 0.208. The van der Waals surface area contributed by atoms with E-state index in [1.165, 1.54) is 13.2 Å². The molecule has 1 aliphatic rings. The molecule has 22 heavy (non-hydrogen) atoms. The highest BCUT2D eigenvalue weighted by atomic mass is 16.8. The van der Waals surface area contributed by atoms with Gasteiger partial charge in [0.15, 0.2) is 11.9 Å². The van der Waals surface area contributed by atoms with Gasteiger partial charge >= 0.3 is 5.97 Å². The van der Waals surface area contributed by atoms with E-state index in [2.05, 4.69) is 0 Å². The molecule has 0 aromatic heterocycles. The predicted octanol–water partition coefficient (Wildman–Crippen LogP) is 2.74. The Hall–Kier alpha value is -1.99. The molecule has 0 radical (unpaired) electrons. The summed E-state index contributed by atoms with van der Waals surface area (Å²) < 4.78 is 16.5. The number of carbonyl (C=O) groups excluding carboxylic acids is 1. The van der Waals surface area contributed by atoms with Gasteiger partial charge in [0.1, 0.15) is 6.10 Å². The van der Waals surface area contributed by atoms with Crippen LogP contribution in [0, 0.1) is 10.1 Å². The van der Waals surface area contributed by atoms with Crippen LogP contribution in [0.2, 0.25) is 0 Å². The van der Waals surface area contributed by atoms with E-state index in [9.17, 15) is 14.9 Å². The summed E-state index contributed by atoms with van der Waals surface area (Å²) in [6, 6.07) is 6.18. The van der Waals surface area contributed by atoms with Crippen LogP contribution in [0.15, 0.2) is 24.3 Å². The van der Waals surface area contributed by atoms with Gasteiger partial charge in [-0.3, -0.25) is 10.1 Å². The third-order valence-electron chi connectivity index (χ3n) is 3.91. The van der Waals surface area contributed by atoms with Gasteiger partial charge in [-0.15, -0.1) is 0 Å². The maximum Gasteiger partial charge on any atom is 0.338 e. The smallest absolute Gasteiger partial charge is 0.338 e. The molecule has 1 fully saturated rings. The number of nitro groups is 1. The number of nitrogens with zero attached hydrogens (tertiary/aromatic N) is 1. The first kappa shape index (κ1) is 16.4. The average Bonchev–Trinajstić information content (AvgIpc) is 2.94. The normalized spacial score (nSPS) is 23.2. The molecule has 0 N–H and O–H groups in total. The zero-order valence-electron chi connectivity index (χ0n) is 12.8. The number of ether oxygens (including phenoxy) is 3. The summed E-state index contributed by atoms with van der Waals surface area (Å²) in [5.74, 6) is -1.54. The van der Waals surface area contributed by atoms with Crippen LogP contribution in [0.3, 0.4) is 0 Å². The van der Waals surface area contributed by atoms with Crippen molar-refractivity contribution in [2.75, 3.05) is 7.11 Å². The van der Waals surface area contributed by atoms with Gasteiger partial charge < -0.3 is 14.2 Å². The summed E-state index contributed by atoms with van der Waals surface area (Å²) in [4.78, 5) is 22.7. The molecule has 120 valence electrons. The molecular formula is C15H19NO6. The second kappa shape index (κ2) is 6.41. The Kier molecular flexibility index (Phi) is 4.77. The van der Waals surface area contributed by atoms with Crippen molar-refractivity contribution in [3.63, 3.8) is 0 Å². The fourth-order valence-electron chi connectivity index (χ4n) is 2.61. The maximum atomic E-state index is 12.0. The first-order valence-corrected chi connectivity index (χ1v) is 7.14. The molecule has 7 heteroatoms. The molecule has 7 nitrogen and oxygen atoms in total. The van der Waals surface area contributed by atoms with Crippen molar-refractivity contribution in [2.45, 2.75) is 44.7 Å². The number of hydrogen-bond acceptors (Lipinski definition) is 6. The number of nitro benzene ring substituents is 1. The van der Waals surface area contributed by atoms with Crippen LogP contribution < -0.4 is 0 Å². The number of rotatable bonds is 5. The first-order chi connectivity index (χ1) is 10.5. The highest BCUT2D eigenvalue weighted by molar-refractivity contribution is 5.76. The number of esters is 1. The van der Waals surface area contributed by atoms with E-state index < -0.39 is 28.9 Å². The number of hydrogen-bond donors (Lipinski definition) is 0. The molecule has 1 heterocycles. The zero-order valence-corrected chi connectivity index (χ0v) is 12.8. The topological polar surface area (TPSA) is 87.9 Å². The van der Waals surface area contributed by atoms with E-state index >= 15 is 0 Å². The number of para-hydroxylation sites is 1. The third kappa shape index (κ3) is 2.82. The highest BCUT2D eigenvalue weighted by Crippen LogP contribution is 2.44. The van der Waals surface area contributed by atoms with Gasteiger partial charge in [-0.25, -0.2) is 4.79 Å². The Labute approximate surface area is 128 Å². The van der Waals surface area contributed by atoms with E-state index in [0.717, 1.165) is 0 Å². The first-order valence-electron chi connectivity index (χ1n) is 7.14. The van der Waals surface area contributed by atoms with Gasteiger partial charge in [-0.2, -0.15) is 0 Å². The highest BCUT2D eigenvalue weighted by Gasteiger charge is 2.51. The fourth-order valence-corrected chi connectivity index (χ4v) is 2.61. The van der Waals surface area contributed by atoms with E-state index in [0.29, 0.717) is 18.4 Å². The lowest BCUT2D eigenvalue weighted by Crippen LogP contribution is -2.32. The third-order valence-corrected chi connectivity index (χ3v) is 3.91. The molecule has 1 aromatic rings. The second-order valence-corrected chi connectivity index (χ2v) is 5.03. The molecule has 2 rings (SSSR count). The van der Waals surface area contributed by atoms with Crippen LogP contribution in [-0.4, -0.2) is 29.9 Å². The van der Waals surface area contributed by atoms with Gasteiger partial charge in [-0.1, -0.05) is 26.0 Å². The van der Waals surface area contributed by atoms with E-state index in [4.69, 9.17) is 14.2 Å². The zero-order chi connectivity index (χ0) is 16.3. The minimum absolute atomic E-state index is 0.104. The van der Waals surface area contributed by atoms with Crippen molar-refractivity contribution in [2.24, 2.45) is 0 Å². The van der Waals surface area contributed by atoms with Gasteiger partial charge in [0, 0.05) is 6.07 Å². The average molecular weight is 309 g/mol. The van der Waals surface area contributed by atoms with Crippen LogP contribution in [0.5, 0.6) is 0 Å². The summed E-state index contributed by atoms with van der Waals surface area (Å²) in [7, 11) is 1.25. The molecular weight excluding hydrogens is 290 g/mol. The molecule has 0 aliphatic carbocycles. The molecule has 0 amide bonds. The van der Waals surface area contributed by atoms with Gasteiger partial charge in [0.25, 0.3) is 5.69 Å². The Bertz CT molecular complexity index is 569. The van der Waals surface area contributed by atoms with Gasteiger partial charge in [-0.05, 0) is 18.9 Å². The van der Waals surface area contributed by atoms with Crippen molar-refractivity contribution < 1.29 is 23.9 Å². The molecule has 0 bridgehead atoms. The van der Waals surface area contributed by atoms with Crippen LogP contribution in [0.25, 0.3) is 0 Å². The largest absolute Gasteiger partial charge is 0.467 e. The summed E-state index contributed by atoms with van der Waals surface area (Å²) in [5, 5.41) is 11.2. The minimum Gasteiger partial charge on any atom is -0.467 e. The lowest BCUT2D eigenvalue weighted by atomic mass is 10.0. The Morgan fingerprint density at radius 2 is 1.95 bits per heavy atom. The molecule has 2 unspecified atom stereocenters. The van der Waals surface area contributed by atoms with Crippen molar-refractivity contribution in [3.8, 4) is 0 Å². The lowest BCUT2D eigenvalue weighted by molar-refractivity contribution is -0.386. The predicted molar refractivity (Wildman–Crippen MR) is 77.1 cm³/mol. The Morgan fingerprint density at radius 3 is 2.50 bits per heavy atom. The lowest BCUT2D eigenvalue weighted by Gasteiger charge is -2.24. The monoisotopic (exact) mass is 309 g/mol. The summed E-state index contributed by atoms with van der Waals surface area (Å²) in [6.45, 7) is 3.75. The Balaban J connectivity index is 2.47. The van der Waals surface area contributed by atoms with Crippen LogP contribution in [0.1, 0.15) is 38.4 Å². The molecule has 1 aliphatic heterocycles. The molecule has 0 saturated carbocycles. The standard InChI is InChI=1S/C15H19NO6/c1-4-15(5-2)21-12(13(22-15)14(17)20-3)10-8-6-7-9-11(10)16(18)19/h6-9,12-13H,4-5H2,1-3H3.